The summed E-state index contributed by atoms with van der Waals surface area (Å²) >= 11 is 1.62. The molecule has 0 radical (unpaired) electrons. The summed E-state index contributed by atoms with van der Waals surface area (Å²) in [5.41, 5.74) is 2.24. The third-order valence-corrected chi connectivity index (χ3v) is 5.67. The van der Waals surface area contributed by atoms with Gasteiger partial charge < -0.3 is 14.7 Å². The van der Waals surface area contributed by atoms with Crippen molar-refractivity contribution in [2.24, 2.45) is 0 Å². The van der Waals surface area contributed by atoms with Gasteiger partial charge in [-0.3, -0.25) is 9.59 Å². The van der Waals surface area contributed by atoms with Crippen molar-refractivity contribution in [2.75, 3.05) is 25.5 Å². The molecule has 1 saturated heterocycles. The van der Waals surface area contributed by atoms with Gasteiger partial charge in [0.2, 0.25) is 5.91 Å². The van der Waals surface area contributed by atoms with E-state index in [1.165, 1.54) is 5.56 Å². The van der Waals surface area contributed by atoms with Gasteiger partial charge in [-0.05, 0) is 36.1 Å². The number of aliphatic carboxylic acids is 1. The van der Waals surface area contributed by atoms with Gasteiger partial charge in [-0.1, -0.05) is 24.3 Å². The number of rotatable bonds is 4. The minimum atomic E-state index is -0.959. The van der Waals surface area contributed by atoms with Crippen molar-refractivity contribution in [3.8, 4) is 0 Å². The van der Waals surface area contributed by atoms with Gasteiger partial charge >= 0.3 is 5.97 Å². The van der Waals surface area contributed by atoms with E-state index in [9.17, 15) is 14.7 Å². The lowest BCUT2D eigenvalue weighted by molar-refractivity contribution is -0.147. The van der Waals surface area contributed by atoms with Gasteiger partial charge in [-0.15, -0.1) is 11.8 Å². The lowest BCUT2D eigenvalue weighted by Crippen LogP contribution is -2.47. The van der Waals surface area contributed by atoms with Crippen LogP contribution in [-0.2, 0) is 20.7 Å². The van der Waals surface area contributed by atoms with Crippen molar-refractivity contribution in [3.05, 3.63) is 35.4 Å². The molecule has 3 rings (SSSR count). The maximum Gasteiger partial charge on any atom is 0.323 e. The average molecular weight is 335 g/mol. The van der Waals surface area contributed by atoms with Gasteiger partial charge in [0, 0.05) is 19.3 Å². The molecule has 1 atom stereocenters. The number of amides is 1. The van der Waals surface area contributed by atoms with E-state index >= 15 is 0 Å². The summed E-state index contributed by atoms with van der Waals surface area (Å²) in [6.07, 6.45) is 2.37. The highest BCUT2D eigenvalue weighted by molar-refractivity contribution is 8.00. The molecule has 1 N–H and O–H groups in total. The number of nitrogens with zero attached hydrogens (tertiary/aromatic N) is 1. The van der Waals surface area contributed by atoms with Gasteiger partial charge in [0.25, 0.3) is 0 Å². The predicted octanol–water partition coefficient (Wildman–Crippen LogP) is 2.11. The van der Waals surface area contributed by atoms with Crippen LogP contribution >= 0.6 is 11.8 Å². The number of carbonyl (C=O) groups is 2. The van der Waals surface area contributed by atoms with Crippen molar-refractivity contribution in [1.29, 1.82) is 0 Å². The molecule has 6 heteroatoms. The monoisotopic (exact) mass is 335 g/mol. The van der Waals surface area contributed by atoms with Gasteiger partial charge in [0.1, 0.15) is 11.8 Å². The summed E-state index contributed by atoms with van der Waals surface area (Å²) < 4.78 is 5.35. The fraction of sp³-hybridized carbons (Fsp3) is 0.529. The molecule has 0 saturated carbocycles. The van der Waals surface area contributed by atoms with E-state index in [-0.39, 0.29) is 23.7 Å². The number of hydrogen-bond acceptors (Lipinski definition) is 4. The standard InChI is InChI=1S/C17H21NO4S/c19-15(20)11-18(13-5-8-22-9-6-13)17(21)16-14-4-2-1-3-12(14)7-10-23-16/h1-4,13,16H,5-11H2,(H,19,20)/t16-/m1/s1. The second kappa shape index (κ2) is 7.36. The largest absolute Gasteiger partial charge is 0.480 e. The zero-order valence-electron chi connectivity index (χ0n) is 12.9. The summed E-state index contributed by atoms with van der Waals surface area (Å²) in [5.74, 6) is -0.141. The van der Waals surface area contributed by atoms with E-state index in [4.69, 9.17) is 4.74 Å². The van der Waals surface area contributed by atoms with E-state index in [2.05, 4.69) is 6.07 Å². The molecule has 0 bridgehead atoms. The smallest absolute Gasteiger partial charge is 0.323 e. The lowest BCUT2D eigenvalue weighted by Gasteiger charge is -2.36. The normalized spacial score (nSPS) is 21.5. The molecule has 0 aliphatic carbocycles. The summed E-state index contributed by atoms with van der Waals surface area (Å²) in [7, 11) is 0. The summed E-state index contributed by atoms with van der Waals surface area (Å²) in [5, 5.41) is 8.94. The topological polar surface area (TPSA) is 66.8 Å². The van der Waals surface area contributed by atoms with Crippen LogP contribution in [-0.4, -0.2) is 53.4 Å². The lowest BCUT2D eigenvalue weighted by atomic mass is 9.99. The Morgan fingerprint density at radius 2 is 2.00 bits per heavy atom. The first-order valence-electron chi connectivity index (χ1n) is 7.96. The highest BCUT2D eigenvalue weighted by Gasteiger charge is 2.35. The second-order valence-electron chi connectivity index (χ2n) is 5.90. The first kappa shape index (κ1) is 16.3. The summed E-state index contributed by atoms with van der Waals surface area (Å²) in [4.78, 5) is 25.9. The Balaban J connectivity index is 1.84. The number of thioether (sulfide) groups is 1. The molecule has 23 heavy (non-hydrogen) atoms. The van der Waals surface area contributed by atoms with Crippen molar-refractivity contribution >= 4 is 23.6 Å². The number of carbonyl (C=O) groups excluding carboxylic acids is 1. The molecular formula is C17H21NO4S. The second-order valence-corrected chi connectivity index (χ2v) is 7.12. The molecule has 0 aromatic heterocycles. The van der Waals surface area contributed by atoms with Crippen molar-refractivity contribution in [1.82, 2.24) is 4.90 Å². The molecular weight excluding hydrogens is 314 g/mol. The van der Waals surface area contributed by atoms with Crippen molar-refractivity contribution in [3.63, 3.8) is 0 Å². The Morgan fingerprint density at radius 3 is 2.74 bits per heavy atom. The molecule has 1 aromatic rings. The van der Waals surface area contributed by atoms with E-state index in [1.54, 1.807) is 16.7 Å². The maximum atomic E-state index is 13.1. The molecule has 2 heterocycles. The molecule has 1 fully saturated rings. The van der Waals surface area contributed by atoms with Crippen LogP contribution in [0.1, 0.15) is 29.2 Å². The fourth-order valence-corrected chi connectivity index (χ4v) is 4.54. The number of hydrogen-bond donors (Lipinski definition) is 1. The number of fused-ring (bicyclic) bond motifs is 1. The van der Waals surface area contributed by atoms with E-state index in [0.29, 0.717) is 26.1 Å². The number of carboxylic acids is 1. The third kappa shape index (κ3) is 3.70. The van der Waals surface area contributed by atoms with Crippen LogP contribution < -0.4 is 0 Å². The molecule has 1 aromatic carbocycles. The predicted molar refractivity (Wildman–Crippen MR) is 88.5 cm³/mol. The number of ether oxygens (including phenoxy) is 1. The first-order valence-corrected chi connectivity index (χ1v) is 9.01. The fourth-order valence-electron chi connectivity index (χ4n) is 3.28. The van der Waals surface area contributed by atoms with Gasteiger partial charge in [-0.25, -0.2) is 0 Å². The van der Waals surface area contributed by atoms with Crippen LogP contribution in [0, 0.1) is 0 Å². The van der Waals surface area contributed by atoms with Crippen LogP contribution in [0.3, 0.4) is 0 Å². The molecule has 2 aliphatic rings. The van der Waals surface area contributed by atoms with E-state index in [1.807, 2.05) is 18.2 Å². The van der Waals surface area contributed by atoms with E-state index in [0.717, 1.165) is 17.7 Å². The molecule has 5 nitrogen and oxygen atoms in total. The third-order valence-electron chi connectivity index (χ3n) is 4.44. The molecule has 0 spiro atoms. The van der Waals surface area contributed by atoms with Crippen molar-refractivity contribution in [2.45, 2.75) is 30.6 Å². The first-order chi connectivity index (χ1) is 11.2. The van der Waals surface area contributed by atoms with Crippen molar-refractivity contribution < 1.29 is 19.4 Å². The highest BCUT2D eigenvalue weighted by Crippen LogP contribution is 2.38. The molecule has 1 amide bonds. The molecule has 0 unspecified atom stereocenters. The Kier molecular flexibility index (Phi) is 5.23. The van der Waals surface area contributed by atoms with Gasteiger partial charge in [0.15, 0.2) is 0 Å². The minimum Gasteiger partial charge on any atom is -0.480 e. The van der Waals surface area contributed by atoms with E-state index < -0.39 is 5.97 Å². The maximum absolute atomic E-state index is 13.1. The average Bonchev–Trinajstić information content (AvgIpc) is 2.59. The summed E-state index contributed by atoms with van der Waals surface area (Å²) in [6, 6.07) is 7.95. The molecule has 124 valence electrons. The number of carboxylic acid groups (broad SMARTS) is 1. The zero-order valence-corrected chi connectivity index (χ0v) is 13.8. The quantitative estimate of drug-likeness (QED) is 0.913. The summed E-state index contributed by atoms with van der Waals surface area (Å²) in [6.45, 7) is 0.938. The Bertz CT molecular complexity index is 586. The van der Waals surface area contributed by atoms with Crippen LogP contribution in [0.5, 0.6) is 0 Å². The molecule has 2 aliphatic heterocycles. The van der Waals surface area contributed by atoms with Gasteiger partial charge in [0.05, 0.1) is 0 Å². The Morgan fingerprint density at radius 1 is 1.26 bits per heavy atom. The van der Waals surface area contributed by atoms with Crippen LogP contribution in [0.4, 0.5) is 0 Å². The highest BCUT2D eigenvalue weighted by atomic mass is 32.2. The number of aryl methyl sites for hydroxylation is 1. The Labute approximate surface area is 140 Å². The Hall–Kier alpha value is -1.53. The van der Waals surface area contributed by atoms with Gasteiger partial charge in [-0.2, -0.15) is 0 Å². The van der Waals surface area contributed by atoms with Crippen LogP contribution in [0.2, 0.25) is 0 Å². The van der Waals surface area contributed by atoms with Crippen LogP contribution in [0.25, 0.3) is 0 Å². The number of benzene rings is 1. The SMILES string of the molecule is O=C(O)CN(C(=O)[C@@H]1SCCc2ccccc21)C1CCOCC1. The van der Waals surface area contributed by atoms with Crippen LogP contribution in [0.15, 0.2) is 24.3 Å². The zero-order chi connectivity index (χ0) is 16.2. The minimum absolute atomic E-state index is 0.0398.